The Bertz CT molecular complexity index is 2330. The number of rotatable bonds is 21. The molecule has 3 amide bonds. The van der Waals surface area contributed by atoms with E-state index in [4.69, 9.17) is 42.6 Å². The second-order valence-corrected chi connectivity index (χ2v) is 19.5. The highest BCUT2D eigenvalue weighted by Crippen LogP contribution is 2.38. The van der Waals surface area contributed by atoms with Gasteiger partial charge in [0.05, 0.1) is 37.0 Å². The Labute approximate surface area is 444 Å². The number of aliphatic hydroxyl groups is 8. The van der Waals surface area contributed by atoms with Gasteiger partial charge in [-0.15, -0.1) is 0 Å². The molecule has 3 aliphatic heterocycles. The van der Waals surface area contributed by atoms with E-state index in [1.807, 2.05) is 0 Å². The van der Waals surface area contributed by atoms with Gasteiger partial charge in [0.2, 0.25) is 0 Å². The molecule has 3 saturated heterocycles. The quantitative estimate of drug-likeness (QED) is 0.0495. The van der Waals surface area contributed by atoms with Gasteiger partial charge in [0.15, 0.2) is 25.0 Å². The molecule has 0 bridgehead atoms. The van der Waals surface area contributed by atoms with Crippen molar-refractivity contribution in [2.24, 2.45) is 5.92 Å². The fraction of sp³-hybridized carbons (Fsp3) is 0.585. The number of carbonyl (C=O) groups is 4. The summed E-state index contributed by atoms with van der Waals surface area (Å²) < 4.78 is 53.6. The summed E-state index contributed by atoms with van der Waals surface area (Å²) in [5.74, 6) is -2.30. The van der Waals surface area contributed by atoms with E-state index in [0.717, 1.165) is 0 Å². The minimum atomic E-state index is -1.87. The van der Waals surface area contributed by atoms with E-state index in [1.165, 1.54) is 12.1 Å². The lowest BCUT2D eigenvalue weighted by molar-refractivity contribution is -0.318. The molecule has 1 saturated carbocycles. The first kappa shape index (κ1) is 59.2. The molecular formula is C53H71N3O21. The maximum atomic E-state index is 14.0. The lowest BCUT2D eigenvalue weighted by Crippen LogP contribution is -2.67. The van der Waals surface area contributed by atoms with Crippen molar-refractivity contribution in [2.45, 2.75) is 176 Å². The maximum Gasteiger partial charge on any atom is 0.407 e. The van der Waals surface area contributed by atoms with Crippen LogP contribution in [0.5, 0.6) is 0 Å². The summed E-state index contributed by atoms with van der Waals surface area (Å²) in [7, 11) is 0. The number of esters is 1. The van der Waals surface area contributed by atoms with Crippen LogP contribution in [0.2, 0.25) is 0 Å². The van der Waals surface area contributed by atoms with Gasteiger partial charge in [-0.2, -0.15) is 0 Å². The molecule has 4 fully saturated rings. The van der Waals surface area contributed by atoms with Gasteiger partial charge in [0.1, 0.15) is 86.3 Å². The smallest absolute Gasteiger partial charge is 0.407 e. The second kappa shape index (κ2) is 27.9. The zero-order valence-corrected chi connectivity index (χ0v) is 42.7. The molecule has 3 aromatic rings. The fourth-order valence-electron chi connectivity index (χ4n) is 9.78. The first-order chi connectivity index (χ1) is 37.0. The summed E-state index contributed by atoms with van der Waals surface area (Å²) in [4.78, 5) is 53.6. The van der Waals surface area contributed by atoms with Gasteiger partial charge >= 0.3 is 18.2 Å². The molecule has 0 aromatic heterocycles. The molecule has 1 aliphatic carbocycles. The Hall–Kier alpha value is -5.42. The van der Waals surface area contributed by atoms with Crippen LogP contribution in [0.1, 0.15) is 67.9 Å². The van der Waals surface area contributed by atoms with E-state index in [2.05, 4.69) is 16.0 Å². The molecule has 0 radical (unpaired) electrons. The van der Waals surface area contributed by atoms with Gasteiger partial charge in [-0.1, -0.05) is 106 Å². The highest BCUT2D eigenvalue weighted by molar-refractivity contribution is 5.92. The summed E-state index contributed by atoms with van der Waals surface area (Å²) in [5, 5.41) is 97.6. The Kier molecular flexibility index (Phi) is 21.5. The topological polar surface area (TPSA) is 349 Å². The van der Waals surface area contributed by atoms with Crippen molar-refractivity contribution in [2.75, 3.05) is 13.2 Å². The normalized spacial score (nSPS) is 34.5. The average Bonchev–Trinajstić information content (AvgIpc) is 3.75. The Balaban J connectivity index is 1.14. The number of benzene rings is 3. The van der Waals surface area contributed by atoms with E-state index >= 15 is 0 Å². The van der Waals surface area contributed by atoms with Crippen LogP contribution >= 0.6 is 0 Å². The SMILES string of the molecule is CCCC(OC(=O)c1ccccc1)C(=O)NC1CC(C)C(OC2OC(CO)C(O)C(O)C2NC(=O)OCc2ccccc2)C(OC2OC(CO)C(OC3OC(CC)C(O)C(O)C3NC(=O)OCc3ccccc3)C2O)C1O. The number of alkyl carbamates (subject to hydrolysis) is 2. The first-order valence-corrected chi connectivity index (χ1v) is 25.8. The number of nitrogens with one attached hydrogen (secondary N) is 3. The molecule has 20 unspecified atom stereocenters. The van der Waals surface area contributed by atoms with Crippen LogP contribution in [0.15, 0.2) is 91.0 Å². The number of ether oxygens (including phenoxy) is 9. The van der Waals surface area contributed by atoms with Crippen LogP contribution < -0.4 is 16.0 Å². The van der Waals surface area contributed by atoms with Gasteiger partial charge in [0, 0.05) is 0 Å². The Morgan fingerprint density at radius 3 is 1.57 bits per heavy atom. The predicted octanol–water partition coefficient (Wildman–Crippen LogP) is 0.0170. The Morgan fingerprint density at radius 2 is 1.05 bits per heavy atom. The van der Waals surface area contributed by atoms with E-state index in [9.17, 15) is 60.0 Å². The molecule has 0 spiro atoms. The zero-order chi connectivity index (χ0) is 55.3. The molecule has 3 aromatic carbocycles. The molecule has 11 N–H and O–H groups in total. The van der Waals surface area contributed by atoms with E-state index in [0.29, 0.717) is 17.5 Å². The summed E-state index contributed by atoms with van der Waals surface area (Å²) in [6.45, 7) is 3.13. The fourth-order valence-corrected chi connectivity index (χ4v) is 9.78. The van der Waals surface area contributed by atoms with Crippen molar-refractivity contribution in [3.63, 3.8) is 0 Å². The molecule has 20 atom stereocenters. The molecular weight excluding hydrogens is 1010 g/mol. The van der Waals surface area contributed by atoms with Gasteiger partial charge in [-0.3, -0.25) is 4.79 Å². The molecule has 24 heteroatoms. The number of aliphatic hydroxyl groups excluding tert-OH is 8. The van der Waals surface area contributed by atoms with Crippen LogP contribution in [0, 0.1) is 5.92 Å². The molecule has 4 aliphatic rings. The van der Waals surface area contributed by atoms with Gasteiger partial charge in [0.25, 0.3) is 5.91 Å². The maximum absolute atomic E-state index is 14.0. The highest BCUT2D eigenvalue weighted by Gasteiger charge is 2.56. The summed E-state index contributed by atoms with van der Waals surface area (Å²) >= 11 is 0. The van der Waals surface area contributed by atoms with Crippen molar-refractivity contribution >= 4 is 24.1 Å². The lowest BCUT2D eigenvalue weighted by atomic mass is 9.79. The third-order valence-corrected chi connectivity index (χ3v) is 14.0. The lowest BCUT2D eigenvalue weighted by Gasteiger charge is -2.48. The number of amides is 3. The van der Waals surface area contributed by atoms with E-state index in [1.54, 1.807) is 99.6 Å². The van der Waals surface area contributed by atoms with Crippen molar-refractivity contribution in [1.29, 1.82) is 0 Å². The van der Waals surface area contributed by atoms with Crippen LogP contribution in [0.3, 0.4) is 0 Å². The number of hydrogen-bond donors (Lipinski definition) is 11. The highest BCUT2D eigenvalue weighted by atomic mass is 16.8. The average molecular weight is 1090 g/mol. The second-order valence-electron chi connectivity index (χ2n) is 19.5. The Morgan fingerprint density at radius 1 is 0.571 bits per heavy atom. The van der Waals surface area contributed by atoms with Crippen LogP contribution in [-0.4, -0.2) is 194 Å². The van der Waals surface area contributed by atoms with Gasteiger partial charge < -0.3 is 99.4 Å². The van der Waals surface area contributed by atoms with Gasteiger partial charge in [-0.05, 0) is 48.4 Å². The summed E-state index contributed by atoms with van der Waals surface area (Å²) in [6.07, 6.45) is -26.8. The number of carbonyl (C=O) groups excluding carboxylic acids is 4. The summed E-state index contributed by atoms with van der Waals surface area (Å²) in [6, 6.07) is 21.1. The first-order valence-electron chi connectivity index (χ1n) is 25.8. The largest absolute Gasteiger partial charge is 0.449 e. The van der Waals surface area contributed by atoms with E-state index in [-0.39, 0.29) is 38.0 Å². The van der Waals surface area contributed by atoms with Crippen molar-refractivity contribution in [3.05, 3.63) is 108 Å². The van der Waals surface area contributed by atoms with E-state index < -0.39 is 160 Å². The third kappa shape index (κ3) is 14.8. The third-order valence-electron chi connectivity index (χ3n) is 14.0. The summed E-state index contributed by atoms with van der Waals surface area (Å²) in [5.41, 5.74) is 1.49. The van der Waals surface area contributed by atoms with Gasteiger partial charge in [-0.25, -0.2) is 14.4 Å². The minimum Gasteiger partial charge on any atom is -0.449 e. The van der Waals surface area contributed by atoms with Crippen LogP contribution in [-0.2, 0) is 60.6 Å². The molecule has 424 valence electrons. The van der Waals surface area contributed by atoms with Crippen molar-refractivity contribution < 1.29 is 103 Å². The minimum absolute atomic E-state index is 0.0610. The predicted molar refractivity (Wildman–Crippen MR) is 264 cm³/mol. The zero-order valence-electron chi connectivity index (χ0n) is 42.7. The van der Waals surface area contributed by atoms with Crippen LogP contribution in [0.25, 0.3) is 0 Å². The van der Waals surface area contributed by atoms with Crippen molar-refractivity contribution in [1.82, 2.24) is 16.0 Å². The van der Waals surface area contributed by atoms with Crippen molar-refractivity contribution in [3.8, 4) is 0 Å². The molecule has 24 nitrogen and oxygen atoms in total. The van der Waals surface area contributed by atoms with Crippen LogP contribution in [0.4, 0.5) is 9.59 Å². The standard InChI is InChI=1S/C53H71N3O21/c1-4-15-33(71-48(66)30-20-13-8-14-21-30)47(65)54-31-22-27(3)44(75-50-37(42(63)40(61)34(23-57)73-50)56-53(68)70-26-29-18-11-7-12-19-29)46(38(31)59)77-51-43(64)45(35(24-58)74-51)76-49-36(41(62)39(60)32(5-2)72-49)55-52(67)69-25-28-16-9-6-10-17-28/h6-14,16-21,27,31-46,49-51,57-64H,4-5,15,22-26H2,1-3H3,(H,54,65)(H,55,67)(H,56,68). The molecule has 3 heterocycles. The molecule has 7 rings (SSSR count). The molecule has 77 heavy (non-hydrogen) atoms. The number of hydrogen-bond acceptors (Lipinski definition) is 21. The monoisotopic (exact) mass is 1090 g/mol.